The highest BCUT2D eigenvalue weighted by atomic mass is 16.4. The number of carbonyl (C=O) groups is 2. The predicted octanol–water partition coefficient (Wildman–Crippen LogP) is -0.427. The van der Waals surface area contributed by atoms with Crippen LogP contribution in [0.2, 0.25) is 0 Å². The van der Waals surface area contributed by atoms with E-state index in [4.69, 9.17) is 10.8 Å². The summed E-state index contributed by atoms with van der Waals surface area (Å²) in [5.41, 5.74) is 5.13. The van der Waals surface area contributed by atoms with E-state index in [0.717, 1.165) is 0 Å². The van der Waals surface area contributed by atoms with Gasteiger partial charge in [0, 0.05) is 5.56 Å². The molecule has 2 unspecified atom stereocenters. The highest BCUT2D eigenvalue weighted by Crippen LogP contribution is 2.25. The van der Waals surface area contributed by atoms with Gasteiger partial charge in [0.2, 0.25) is 5.91 Å². The van der Waals surface area contributed by atoms with Crippen LogP contribution in [0.25, 0.3) is 0 Å². The van der Waals surface area contributed by atoms with Gasteiger partial charge in [-0.15, -0.1) is 0 Å². The highest BCUT2D eigenvalue weighted by molar-refractivity contribution is 5.90. The number of nitrogens with two attached hydrogens (primary N) is 1. The van der Waals surface area contributed by atoms with Crippen molar-refractivity contribution < 1.29 is 24.9 Å². The van der Waals surface area contributed by atoms with Gasteiger partial charge >= 0.3 is 5.97 Å². The van der Waals surface area contributed by atoms with Gasteiger partial charge in [-0.05, 0) is 18.6 Å². The SMILES string of the molecule is Cc1cccc(C(=O)O)c1C(O)C(O)C(N)=O. The number of amides is 1. The molecular weight excluding hydrogens is 226 g/mol. The van der Waals surface area contributed by atoms with Crippen LogP contribution in [0, 0.1) is 6.92 Å². The van der Waals surface area contributed by atoms with Crippen molar-refractivity contribution in [3.63, 3.8) is 0 Å². The van der Waals surface area contributed by atoms with Crippen molar-refractivity contribution >= 4 is 11.9 Å². The topological polar surface area (TPSA) is 121 Å². The van der Waals surface area contributed by atoms with E-state index < -0.39 is 24.1 Å². The number of rotatable bonds is 4. The summed E-state index contributed by atoms with van der Waals surface area (Å²) < 4.78 is 0. The van der Waals surface area contributed by atoms with Crippen molar-refractivity contribution in [1.29, 1.82) is 0 Å². The zero-order chi connectivity index (χ0) is 13.2. The number of aromatic carboxylic acids is 1. The predicted molar refractivity (Wildman–Crippen MR) is 58.3 cm³/mol. The molecule has 0 saturated carbocycles. The minimum absolute atomic E-state index is 0.00806. The minimum Gasteiger partial charge on any atom is -0.478 e. The molecule has 0 bridgehead atoms. The first-order valence-corrected chi connectivity index (χ1v) is 4.84. The average molecular weight is 239 g/mol. The number of carboxylic acid groups (broad SMARTS) is 1. The van der Waals surface area contributed by atoms with Crippen molar-refractivity contribution in [2.24, 2.45) is 5.73 Å². The van der Waals surface area contributed by atoms with E-state index >= 15 is 0 Å². The first kappa shape index (κ1) is 13.1. The third kappa shape index (κ3) is 2.61. The summed E-state index contributed by atoms with van der Waals surface area (Å²) in [5.74, 6) is -2.36. The molecule has 0 spiro atoms. The summed E-state index contributed by atoms with van der Waals surface area (Å²) in [6.45, 7) is 1.57. The molecule has 1 rings (SSSR count). The Morgan fingerprint density at radius 3 is 2.35 bits per heavy atom. The van der Waals surface area contributed by atoms with Gasteiger partial charge in [-0.1, -0.05) is 12.1 Å². The van der Waals surface area contributed by atoms with Gasteiger partial charge in [0.15, 0.2) is 6.10 Å². The normalized spacial score (nSPS) is 14.1. The zero-order valence-corrected chi connectivity index (χ0v) is 9.12. The van der Waals surface area contributed by atoms with Crippen LogP contribution in [-0.2, 0) is 4.79 Å². The van der Waals surface area contributed by atoms with Gasteiger partial charge in [0.05, 0.1) is 5.56 Å². The fraction of sp³-hybridized carbons (Fsp3) is 0.273. The van der Waals surface area contributed by atoms with Crippen molar-refractivity contribution in [1.82, 2.24) is 0 Å². The Morgan fingerprint density at radius 1 is 1.29 bits per heavy atom. The molecule has 92 valence electrons. The Hall–Kier alpha value is -1.92. The lowest BCUT2D eigenvalue weighted by atomic mass is 9.94. The lowest BCUT2D eigenvalue weighted by molar-refractivity contribution is -0.132. The van der Waals surface area contributed by atoms with Crippen LogP contribution >= 0.6 is 0 Å². The molecule has 6 heteroatoms. The molecule has 2 atom stereocenters. The van der Waals surface area contributed by atoms with Crippen LogP contribution < -0.4 is 5.73 Å². The van der Waals surface area contributed by atoms with Crippen LogP contribution in [0.1, 0.15) is 27.6 Å². The molecule has 1 aromatic carbocycles. The highest BCUT2D eigenvalue weighted by Gasteiger charge is 2.28. The summed E-state index contributed by atoms with van der Waals surface area (Å²) in [4.78, 5) is 21.7. The maximum Gasteiger partial charge on any atom is 0.336 e. The Bertz CT molecular complexity index is 457. The van der Waals surface area contributed by atoms with E-state index in [-0.39, 0.29) is 11.1 Å². The standard InChI is InChI=1S/C11H13NO5/c1-5-3-2-4-6(11(16)17)7(5)8(13)9(14)10(12)15/h2-4,8-9,13-14H,1H3,(H2,12,15)(H,16,17). The number of hydrogen-bond acceptors (Lipinski definition) is 4. The maximum atomic E-state index is 11.0. The summed E-state index contributed by atoms with van der Waals surface area (Å²) in [7, 11) is 0. The van der Waals surface area contributed by atoms with Gasteiger partial charge in [0.1, 0.15) is 6.10 Å². The smallest absolute Gasteiger partial charge is 0.336 e. The van der Waals surface area contributed by atoms with E-state index in [1.807, 2.05) is 0 Å². The van der Waals surface area contributed by atoms with Crippen LogP contribution in [0.5, 0.6) is 0 Å². The Balaban J connectivity index is 3.29. The average Bonchev–Trinajstić information content (AvgIpc) is 2.26. The quantitative estimate of drug-likeness (QED) is 0.568. The third-order valence-corrected chi connectivity index (χ3v) is 2.44. The fourth-order valence-corrected chi connectivity index (χ4v) is 1.57. The van der Waals surface area contributed by atoms with Gasteiger partial charge in [-0.3, -0.25) is 4.79 Å². The molecule has 0 aliphatic carbocycles. The van der Waals surface area contributed by atoms with Gasteiger partial charge in [0.25, 0.3) is 0 Å². The second kappa shape index (κ2) is 4.94. The second-order valence-corrected chi connectivity index (χ2v) is 3.63. The minimum atomic E-state index is -1.84. The summed E-state index contributed by atoms with van der Waals surface area (Å²) >= 11 is 0. The molecule has 0 saturated heterocycles. The zero-order valence-electron chi connectivity index (χ0n) is 9.12. The molecule has 0 heterocycles. The molecule has 1 aromatic rings. The maximum absolute atomic E-state index is 11.0. The van der Waals surface area contributed by atoms with Crippen LogP contribution in [0.4, 0.5) is 0 Å². The largest absolute Gasteiger partial charge is 0.478 e. The summed E-state index contributed by atoms with van der Waals surface area (Å²) in [6.07, 6.45) is -3.49. The Morgan fingerprint density at radius 2 is 1.88 bits per heavy atom. The van der Waals surface area contributed by atoms with Crippen LogP contribution in [0.3, 0.4) is 0 Å². The van der Waals surface area contributed by atoms with Crippen molar-refractivity contribution in [2.75, 3.05) is 0 Å². The van der Waals surface area contributed by atoms with Crippen molar-refractivity contribution in [3.05, 3.63) is 34.9 Å². The molecule has 17 heavy (non-hydrogen) atoms. The number of benzene rings is 1. The van der Waals surface area contributed by atoms with E-state index in [9.17, 15) is 19.8 Å². The van der Waals surface area contributed by atoms with Crippen molar-refractivity contribution in [2.45, 2.75) is 19.1 Å². The molecule has 0 aliphatic heterocycles. The number of aryl methyl sites for hydroxylation is 1. The molecular formula is C11H13NO5. The van der Waals surface area contributed by atoms with Crippen LogP contribution in [-0.4, -0.2) is 33.3 Å². The van der Waals surface area contributed by atoms with E-state index in [0.29, 0.717) is 5.56 Å². The second-order valence-electron chi connectivity index (χ2n) is 3.63. The fourth-order valence-electron chi connectivity index (χ4n) is 1.57. The molecule has 0 radical (unpaired) electrons. The monoisotopic (exact) mass is 239 g/mol. The number of primary amides is 1. The molecule has 6 nitrogen and oxygen atoms in total. The molecule has 5 N–H and O–H groups in total. The van der Waals surface area contributed by atoms with Gasteiger partial charge in [-0.2, -0.15) is 0 Å². The Labute approximate surface area is 97.3 Å². The third-order valence-electron chi connectivity index (χ3n) is 2.44. The molecule has 0 fully saturated rings. The summed E-state index contributed by atoms with van der Waals surface area (Å²) in [6, 6.07) is 4.35. The number of aliphatic hydroxyl groups excluding tert-OH is 2. The molecule has 0 aliphatic rings. The first-order chi connectivity index (χ1) is 7.86. The van der Waals surface area contributed by atoms with E-state index in [1.165, 1.54) is 12.1 Å². The van der Waals surface area contributed by atoms with Crippen molar-refractivity contribution in [3.8, 4) is 0 Å². The Kier molecular flexibility index (Phi) is 3.82. The number of hydrogen-bond donors (Lipinski definition) is 4. The molecule has 0 aromatic heterocycles. The summed E-state index contributed by atoms with van der Waals surface area (Å²) in [5, 5.41) is 28.1. The number of carboxylic acids is 1. The van der Waals surface area contributed by atoms with E-state index in [1.54, 1.807) is 13.0 Å². The number of aliphatic hydroxyl groups is 2. The first-order valence-electron chi connectivity index (χ1n) is 4.84. The van der Waals surface area contributed by atoms with Gasteiger partial charge in [-0.25, -0.2) is 4.79 Å². The molecule has 1 amide bonds. The lowest BCUT2D eigenvalue weighted by Gasteiger charge is -2.19. The van der Waals surface area contributed by atoms with Gasteiger partial charge < -0.3 is 21.1 Å². The number of carbonyl (C=O) groups excluding carboxylic acids is 1. The van der Waals surface area contributed by atoms with E-state index in [2.05, 4.69) is 0 Å². The lowest BCUT2D eigenvalue weighted by Crippen LogP contribution is -2.34. The van der Waals surface area contributed by atoms with Crippen LogP contribution in [0.15, 0.2) is 18.2 Å².